The summed E-state index contributed by atoms with van der Waals surface area (Å²) in [6, 6.07) is 5.35. The number of hydrogen-bond acceptors (Lipinski definition) is 4. The minimum Gasteiger partial charge on any atom is -0.319 e. The minimum absolute atomic E-state index is 0.0636. The second-order valence-corrected chi connectivity index (χ2v) is 3.54. The van der Waals surface area contributed by atoms with Crippen molar-refractivity contribution in [1.29, 1.82) is 0 Å². The van der Waals surface area contributed by atoms with E-state index in [1.807, 2.05) is 5.32 Å². The van der Waals surface area contributed by atoms with Crippen LogP contribution in [-0.2, 0) is 4.79 Å². The summed E-state index contributed by atoms with van der Waals surface area (Å²) < 4.78 is 35.5. The third-order valence-corrected chi connectivity index (χ3v) is 1.99. The molecular formula is C10H10F3N3O3. The van der Waals surface area contributed by atoms with Gasteiger partial charge in [-0.15, -0.1) is 0 Å². The van der Waals surface area contributed by atoms with Crippen molar-refractivity contribution < 1.29 is 22.9 Å². The van der Waals surface area contributed by atoms with E-state index in [-0.39, 0.29) is 11.4 Å². The summed E-state index contributed by atoms with van der Waals surface area (Å²) in [7, 11) is 0. The molecule has 0 spiro atoms. The highest BCUT2D eigenvalue weighted by molar-refractivity contribution is 5.94. The Labute approximate surface area is 105 Å². The van der Waals surface area contributed by atoms with Gasteiger partial charge in [0.1, 0.15) is 5.69 Å². The van der Waals surface area contributed by atoms with Crippen molar-refractivity contribution in [3.05, 3.63) is 34.4 Å². The van der Waals surface area contributed by atoms with Crippen LogP contribution in [0.15, 0.2) is 24.3 Å². The first-order valence-corrected chi connectivity index (χ1v) is 5.10. The highest BCUT2D eigenvalue weighted by atomic mass is 19.4. The molecule has 0 fully saturated rings. The Morgan fingerprint density at radius 3 is 2.53 bits per heavy atom. The smallest absolute Gasteiger partial charge is 0.319 e. The van der Waals surface area contributed by atoms with Crippen LogP contribution in [0.25, 0.3) is 0 Å². The van der Waals surface area contributed by atoms with Crippen LogP contribution in [0.1, 0.15) is 0 Å². The lowest BCUT2D eigenvalue weighted by Gasteiger charge is -2.08. The lowest BCUT2D eigenvalue weighted by Crippen LogP contribution is -2.35. The Balaban J connectivity index is 2.56. The summed E-state index contributed by atoms with van der Waals surface area (Å²) in [5.41, 5.74) is -0.391. The van der Waals surface area contributed by atoms with Gasteiger partial charge in [0, 0.05) is 6.07 Å². The van der Waals surface area contributed by atoms with Crippen molar-refractivity contribution >= 4 is 17.3 Å². The molecule has 0 bridgehead atoms. The Kier molecular flexibility index (Phi) is 4.81. The molecule has 0 saturated carbocycles. The van der Waals surface area contributed by atoms with E-state index in [1.165, 1.54) is 24.3 Å². The average molecular weight is 277 g/mol. The molecule has 1 aromatic carbocycles. The zero-order valence-electron chi connectivity index (χ0n) is 9.53. The van der Waals surface area contributed by atoms with E-state index in [0.717, 1.165) is 0 Å². The van der Waals surface area contributed by atoms with Crippen LogP contribution in [0.3, 0.4) is 0 Å². The molecule has 1 rings (SSSR count). The molecule has 104 valence electrons. The molecule has 0 atom stereocenters. The summed E-state index contributed by atoms with van der Waals surface area (Å²) >= 11 is 0. The first-order chi connectivity index (χ1) is 8.79. The maximum Gasteiger partial charge on any atom is 0.401 e. The number of alkyl halides is 3. The number of nitro groups is 1. The SMILES string of the molecule is O=C(CNCC(F)(F)F)Nc1ccccc1[N+](=O)[O-]. The molecule has 0 aliphatic heterocycles. The zero-order chi connectivity index (χ0) is 14.5. The molecule has 0 aliphatic rings. The molecule has 6 nitrogen and oxygen atoms in total. The number of nitrogens with zero attached hydrogens (tertiary/aromatic N) is 1. The number of carbonyl (C=O) groups excluding carboxylic acids is 1. The number of hydrogen-bond donors (Lipinski definition) is 2. The number of benzene rings is 1. The highest BCUT2D eigenvalue weighted by Crippen LogP contribution is 2.22. The predicted octanol–water partition coefficient (Wildman–Crippen LogP) is 1.69. The molecule has 19 heavy (non-hydrogen) atoms. The van der Waals surface area contributed by atoms with Crippen LogP contribution in [0.2, 0.25) is 0 Å². The first kappa shape index (κ1) is 14.9. The van der Waals surface area contributed by atoms with Gasteiger partial charge in [0.25, 0.3) is 5.69 Å². The summed E-state index contributed by atoms with van der Waals surface area (Å²) in [5, 5.41) is 14.7. The van der Waals surface area contributed by atoms with Crippen molar-refractivity contribution in [1.82, 2.24) is 5.32 Å². The van der Waals surface area contributed by atoms with E-state index in [4.69, 9.17) is 0 Å². The lowest BCUT2D eigenvalue weighted by molar-refractivity contribution is -0.383. The third-order valence-electron chi connectivity index (χ3n) is 1.99. The van der Waals surface area contributed by atoms with Gasteiger partial charge in [-0.25, -0.2) is 0 Å². The van der Waals surface area contributed by atoms with E-state index in [1.54, 1.807) is 0 Å². The Bertz CT molecular complexity index is 477. The topological polar surface area (TPSA) is 84.3 Å². The average Bonchev–Trinajstić information content (AvgIpc) is 2.27. The summed E-state index contributed by atoms with van der Waals surface area (Å²) in [5.74, 6) is -0.793. The van der Waals surface area contributed by atoms with Crippen LogP contribution in [0, 0.1) is 10.1 Å². The molecule has 1 amide bonds. The minimum atomic E-state index is -4.42. The normalized spacial score (nSPS) is 11.1. The van der Waals surface area contributed by atoms with E-state index < -0.39 is 30.1 Å². The van der Waals surface area contributed by atoms with Gasteiger partial charge in [-0.2, -0.15) is 13.2 Å². The third kappa shape index (κ3) is 5.34. The van der Waals surface area contributed by atoms with Crippen molar-refractivity contribution in [2.24, 2.45) is 0 Å². The molecule has 0 heterocycles. The van der Waals surface area contributed by atoms with Gasteiger partial charge in [0.15, 0.2) is 0 Å². The van der Waals surface area contributed by atoms with E-state index in [9.17, 15) is 28.1 Å². The molecule has 0 saturated heterocycles. The van der Waals surface area contributed by atoms with Gasteiger partial charge in [-0.05, 0) is 6.07 Å². The maximum atomic E-state index is 11.8. The van der Waals surface area contributed by atoms with E-state index >= 15 is 0 Å². The standard InChI is InChI=1S/C10H10F3N3O3/c11-10(12,13)6-14-5-9(17)15-7-3-1-2-4-8(7)16(18)19/h1-4,14H,5-6H2,(H,15,17). The fourth-order valence-corrected chi connectivity index (χ4v) is 1.25. The zero-order valence-corrected chi connectivity index (χ0v) is 9.53. The van der Waals surface area contributed by atoms with Gasteiger partial charge < -0.3 is 10.6 Å². The Morgan fingerprint density at radius 2 is 1.95 bits per heavy atom. The predicted molar refractivity (Wildman–Crippen MR) is 60.7 cm³/mol. The van der Waals surface area contributed by atoms with Crippen molar-refractivity contribution in [2.45, 2.75) is 6.18 Å². The first-order valence-electron chi connectivity index (χ1n) is 5.10. The van der Waals surface area contributed by atoms with Crippen LogP contribution in [0.5, 0.6) is 0 Å². The molecule has 0 aromatic heterocycles. The number of nitro benzene ring substituents is 1. The lowest BCUT2D eigenvalue weighted by atomic mass is 10.2. The molecule has 0 aliphatic carbocycles. The van der Waals surface area contributed by atoms with Crippen molar-refractivity contribution in [3.8, 4) is 0 Å². The Morgan fingerprint density at radius 1 is 1.32 bits per heavy atom. The molecule has 1 aromatic rings. The van der Waals surface area contributed by atoms with Gasteiger partial charge in [-0.1, -0.05) is 12.1 Å². The van der Waals surface area contributed by atoms with Gasteiger partial charge >= 0.3 is 6.18 Å². The number of amides is 1. The quantitative estimate of drug-likeness (QED) is 0.633. The molecule has 9 heteroatoms. The number of nitrogens with one attached hydrogen (secondary N) is 2. The Hall–Kier alpha value is -2.16. The van der Waals surface area contributed by atoms with Crippen molar-refractivity contribution in [2.75, 3.05) is 18.4 Å². The second kappa shape index (κ2) is 6.14. The van der Waals surface area contributed by atoms with Gasteiger partial charge in [-0.3, -0.25) is 14.9 Å². The summed E-state index contributed by atoms with van der Waals surface area (Å²) in [6.07, 6.45) is -4.42. The number of anilines is 1. The summed E-state index contributed by atoms with van der Waals surface area (Å²) in [6.45, 7) is -1.90. The van der Waals surface area contributed by atoms with Gasteiger partial charge in [0.05, 0.1) is 18.0 Å². The number of carbonyl (C=O) groups is 1. The maximum absolute atomic E-state index is 11.8. The number of rotatable bonds is 5. The van der Waals surface area contributed by atoms with E-state index in [0.29, 0.717) is 0 Å². The molecular weight excluding hydrogens is 267 g/mol. The van der Waals surface area contributed by atoms with Crippen LogP contribution >= 0.6 is 0 Å². The molecule has 0 unspecified atom stereocenters. The molecule has 2 N–H and O–H groups in total. The fraction of sp³-hybridized carbons (Fsp3) is 0.300. The molecule has 0 radical (unpaired) electrons. The van der Waals surface area contributed by atoms with Crippen molar-refractivity contribution in [3.63, 3.8) is 0 Å². The second-order valence-electron chi connectivity index (χ2n) is 3.54. The van der Waals surface area contributed by atoms with E-state index in [2.05, 4.69) is 5.32 Å². The number of para-hydroxylation sites is 2. The monoisotopic (exact) mass is 277 g/mol. The number of halogens is 3. The van der Waals surface area contributed by atoms with Crippen LogP contribution < -0.4 is 10.6 Å². The highest BCUT2D eigenvalue weighted by Gasteiger charge is 2.26. The summed E-state index contributed by atoms with van der Waals surface area (Å²) in [4.78, 5) is 21.3. The fourth-order valence-electron chi connectivity index (χ4n) is 1.25. The van der Waals surface area contributed by atoms with Crippen LogP contribution in [-0.4, -0.2) is 30.1 Å². The largest absolute Gasteiger partial charge is 0.401 e. The van der Waals surface area contributed by atoms with Crippen LogP contribution in [0.4, 0.5) is 24.5 Å². The van der Waals surface area contributed by atoms with Gasteiger partial charge in [0.2, 0.25) is 5.91 Å².